The highest BCUT2D eigenvalue weighted by Gasteiger charge is 2.22. The number of carbonyl (C=O) groups excluding carboxylic acids is 2. The first-order valence-corrected chi connectivity index (χ1v) is 8.43. The van der Waals surface area contributed by atoms with Gasteiger partial charge >= 0.3 is 0 Å². The summed E-state index contributed by atoms with van der Waals surface area (Å²) in [5.41, 5.74) is 8.05. The summed E-state index contributed by atoms with van der Waals surface area (Å²) >= 11 is 0. The second-order valence-corrected chi connectivity index (χ2v) is 5.96. The summed E-state index contributed by atoms with van der Waals surface area (Å²) in [6.07, 6.45) is 1.92. The predicted octanol–water partition coefficient (Wildman–Crippen LogP) is 1.99. The zero-order valence-corrected chi connectivity index (χ0v) is 14.2. The highest BCUT2D eigenvalue weighted by atomic mass is 16.2. The molecule has 2 atom stereocenters. The molecule has 2 aromatic carbocycles. The summed E-state index contributed by atoms with van der Waals surface area (Å²) in [5, 5.41) is 2.83. The molecular formula is C20H20N4O2. The second kappa shape index (κ2) is 8.31. The summed E-state index contributed by atoms with van der Waals surface area (Å²) in [6.45, 7) is 0.450. The molecule has 3 rings (SSSR count). The summed E-state index contributed by atoms with van der Waals surface area (Å²) in [5.74, 6) is -0.606. The number of nitrogens with two attached hydrogens (primary N) is 1. The highest BCUT2D eigenvalue weighted by Crippen LogP contribution is 2.19. The van der Waals surface area contributed by atoms with Crippen LogP contribution in [0.25, 0.3) is 0 Å². The molecule has 0 radical (unpaired) electrons. The lowest BCUT2D eigenvalue weighted by atomic mass is 10.1. The van der Waals surface area contributed by atoms with Gasteiger partial charge in [-0.1, -0.05) is 60.7 Å². The van der Waals surface area contributed by atoms with Gasteiger partial charge in [-0.05, 0) is 11.1 Å². The third kappa shape index (κ3) is 4.29. The Morgan fingerprint density at radius 3 is 2.50 bits per heavy atom. The number of amides is 2. The lowest BCUT2D eigenvalue weighted by molar-refractivity contribution is -0.122. The summed E-state index contributed by atoms with van der Waals surface area (Å²) in [6, 6.07) is 16.9. The van der Waals surface area contributed by atoms with Crippen LogP contribution in [-0.2, 0) is 9.59 Å². The van der Waals surface area contributed by atoms with E-state index in [1.165, 1.54) is 6.21 Å². The van der Waals surface area contributed by atoms with E-state index in [2.05, 4.69) is 15.3 Å². The normalized spacial score (nSPS) is 18.7. The quantitative estimate of drug-likeness (QED) is 0.827. The zero-order valence-electron chi connectivity index (χ0n) is 14.2. The molecule has 0 saturated heterocycles. The number of nitrogens with one attached hydrogen (secondary N) is 1. The Morgan fingerprint density at radius 1 is 1.15 bits per heavy atom. The second-order valence-electron chi connectivity index (χ2n) is 5.96. The van der Waals surface area contributed by atoms with Crippen LogP contribution in [0, 0.1) is 0 Å². The number of hydrogen-bond acceptors (Lipinski definition) is 4. The summed E-state index contributed by atoms with van der Waals surface area (Å²) in [4.78, 5) is 32.9. The van der Waals surface area contributed by atoms with Crippen LogP contribution in [0.5, 0.6) is 0 Å². The lowest BCUT2D eigenvalue weighted by Gasteiger charge is -2.10. The SMILES string of the molecule is NC(C(=O)N=CC1=NC(c2ccccc2)C(=O)NCC1)c1ccccc1. The van der Waals surface area contributed by atoms with E-state index in [1.54, 1.807) is 12.1 Å². The molecule has 2 amide bonds. The van der Waals surface area contributed by atoms with Crippen LogP contribution >= 0.6 is 0 Å². The Balaban J connectivity index is 1.78. The van der Waals surface area contributed by atoms with E-state index in [-0.39, 0.29) is 5.91 Å². The minimum absolute atomic E-state index is 0.160. The van der Waals surface area contributed by atoms with Crippen LogP contribution in [0.15, 0.2) is 70.6 Å². The zero-order chi connectivity index (χ0) is 18.4. The monoisotopic (exact) mass is 348 g/mol. The summed E-state index contributed by atoms with van der Waals surface area (Å²) < 4.78 is 0. The number of nitrogens with zero attached hydrogens (tertiary/aromatic N) is 2. The molecule has 0 bridgehead atoms. The average Bonchev–Trinajstić information content (AvgIpc) is 2.88. The van der Waals surface area contributed by atoms with E-state index in [0.29, 0.717) is 24.2 Å². The standard InChI is InChI=1S/C20H20N4O2/c21-17(14-7-3-1-4-8-14)19(25)23-13-16-11-12-22-20(26)18(24-16)15-9-5-2-6-10-15/h1-10,13,17-18H,11-12,21H2,(H,22,26). The molecule has 1 aliphatic rings. The topological polar surface area (TPSA) is 96.9 Å². The van der Waals surface area contributed by atoms with Crippen molar-refractivity contribution in [1.29, 1.82) is 0 Å². The lowest BCUT2D eigenvalue weighted by Crippen LogP contribution is -2.27. The minimum Gasteiger partial charge on any atom is -0.354 e. The number of benzene rings is 2. The fraction of sp³-hybridized carbons (Fsp3) is 0.200. The first kappa shape index (κ1) is 17.7. The molecule has 132 valence electrons. The number of carbonyl (C=O) groups is 2. The minimum atomic E-state index is -0.816. The van der Waals surface area contributed by atoms with Crippen molar-refractivity contribution in [1.82, 2.24) is 5.32 Å². The molecule has 0 fully saturated rings. The fourth-order valence-corrected chi connectivity index (χ4v) is 2.68. The van der Waals surface area contributed by atoms with Crippen LogP contribution in [0.3, 0.4) is 0 Å². The van der Waals surface area contributed by atoms with Crippen molar-refractivity contribution in [3.05, 3.63) is 71.8 Å². The third-order valence-electron chi connectivity index (χ3n) is 4.10. The smallest absolute Gasteiger partial charge is 0.267 e. The Kier molecular flexibility index (Phi) is 5.66. The molecular weight excluding hydrogens is 328 g/mol. The molecule has 1 aliphatic heterocycles. The maximum absolute atomic E-state index is 12.2. The van der Waals surface area contributed by atoms with Gasteiger partial charge in [0.1, 0.15) is 6.04 Å². The Bertz CT molecular complexity index is 831. The first-order valence-electron chi connectivity index (χ1n) is 8.43. The largest absolute Gasteiger partial charge is 0.354 e. The van der Waals surface area contributed by atoms with Gasteiger partial charge in [0.25, 0.3) is 5.91 Å². The van der Waals surface area contributed by atoms with Crippen LogP contribution in [0.1, 0.15) is 29.6 Å². The van der Waals surface area contributed by atoms with Gasteiger partial charge in [0.2, 0.25) is 5.91 Å². The van der Waals surface area contributed by atoms with Gasteiger partial charge in [0.15, 0.2) is 6.04 Å². The molecule has 0 aromatic heterocycles. The van der Waals surface area contributed by atoms with Crippen LogP contribution in [-0.4, -0.2) is 30.3 Å². The van der Waals surface area contributed by atoms with E-state index in [0.717, 1.165) is 5.56 Å². The van der Waals surface area contributed by atoms with Crippen molar-refractivity contribution in [2.24, 2.45) is 15.7 Å². The average molecular weight is 348 g/mol. The number of aliphatic imine (C=N–C) groups is 2. The summed E-state index contributed by atoms with van der Waals surface area (Å²) in [7, 11) is 0. The Morgan fingerprint density at radius 2 is 1.81 bits per heavy atom. The maximum atomic E-state index is 12.2. The first-order chi connectivity index (χ1) is 12.6. The molecule has 0 spiro atoms. The fourth-order valence-electron chi connectivity index (χ4n) is 2.68. The third-order valence-corrected chi connectivity index (χ3v) is 4.10. The van der Waals surface area contributed by atoms with E-state index in [1.807, 2.05) is 48.5 Å². The maximum Gasteiger partial charge on any atom is 0.267 e. The molecule has 26 heavy (non-hydrogen) atoms. The molecule has 0 aliphatic carbocycles. The van der Waals surface area contributed by atoms with E-state index in [4.69, 9.17) is 5.73 Å². The molecule has 6 nitrogen and oxygen atoms in total. The molecule has 2 aromatic rings. The number of hydrogen-bond donors (Lipinski definition) is 2. The molecule has 1 heterocycles. The van der Waals surface area contributed by atoms with E-state index >= 15 is 0 Å². The van der Waals surface area contributed by atoms with Gasteiger partial charge in [-0.25, -0.2) is 4.99 Å². The van der Waals surface area contributed by atoms with Crippen molar-refractivity contribution < 1.29 is 9.59 Å². The van der Waals surface area contributed by atoms with Crippen molar-refractivity contribution in [2.75, 3.05) is 6.54 Å². The highest BCUT2D eigenvalue weighted by molar-refractivity contribution is 6.32. The van der Waals surface area contributed by atoms with Gasteiger partial charge in [-0.2, -0.15) is 0 Å². The predicted molar refractivity (Wildman–Crippen MR) is 101 cm³/mol. The van der Waals surface area contributed by atoms with Gasteiger partial charge in [-0.3, -0.25) is 14.6 Å². The molecule has 2 unspecified atom stereocenters. The molecule has 6 heteroatoms. The van der Waals surface area contributed by atoms with Crippen LogP contribution in [0.2, 0.25) is 0 Å². The molecule has 0 saturated carbocycles. The molecule has 3 N–H and O–H groups in total. The van der Waals surface area contributed by atoms with E-state index in [9.17, 15) is 9.59 Å². The van der Waals surface area contributed by atoms with E-state index < -0.39 is 18.0 Å². The van der Waals surface area contributed by atoms with Crippen LogP contribution < -0.4 is 11.1 Å². The van der Waals surface area contributed by atoms with Gasteiger partial charge in [-0.15, -0.1) is 0 Å². The van der Waals surface area contributed by atoms with Crippen molar-refractivity contribution >= 4 is 23.7 Å². The van der Waals surface area contributed by atoms with Crippen molar-refractivity contribution in [3.63, 3.8) is 0 Å². The Labute approximate surface area is 151 Å². The van der Waals surface area contributed by atoms with Crippen molar-refractivity contribution in [2.45, 2.75) is 18.5 Å². The van der Waals surface area contributed by atoms with Crippen molar-refractivity contribution in [3.8, 4) is 0 Å². The number of rotatable bonds is 4. The van der Waals surface area contributed by atoms with Gasteiger partial charge < -0.3 is 11.1 Å². The van der Waals surface area contributed by atoms with Gasteiger partial charge in [0.05, 0.1) is 11.9 Å². The van der Waals surface area contributed by atoms with Crippen LogP contribution in [0.4, 0.5) is 0 Å². The Hall–Kier alpha value is -3.12. The van der Waals surface area contributed by atoms with Gasteiger partial charge in [0, 0.05) is 13.0 Å².